The van der Waals surface area contributed by atoms with Gasteiger partial charge in [0.15, 0.2) is 11.6 Å². The first-order valence-corrected chi connectivity index (χ1v) is 6.33. The summed E-state index contributed by atoms with van der Waals surface area (Å²) in [6.45, 7) is 7.75. The van der Waals surface area contributed by atoms with Gasteiger partial charge in [0.2, 0.25) is 0 Å². The topological polar surface area (TPSA) is 47.3 Å². The standard InChI is InChI=1S/C14H23FN2O/c1-4-18-13-6-5-11(9-12(13)15)10-17-8-7-14(2,3)16/h5-6,9,17H,4,7-8,10,16H2,1-3H3. The van der Waals surface area contributed by atoms with Gasteiger partial charge in [0.1, 0.15) is 0 Å². The Morgan fingerprint density at radius 2 is 2.11 bits per heavy atom. The van der Waals surface area contributed by atoms with Gasteiger partial charge in [0.05, 0.1) is 6.61 Å². The Morgan fingerprint density at radius 3 is 2.67 bits per heavy atom. The Morgan fingerprint density at radius 1 is 1.39 bits per heavy atom. The fraction of sp³-hybridized carbons (Fsp3) is 0.571. The van der Waals surface area contributed by atoms with Gasteiger partial charge in [0, 0.05) is 12.1 Å². The Kier molecular flexibility index (Phi) is 5.56. The first-order chi connectivity index (χ1) is 8.42. The first-order valence-electron chi connectivity index (χ1n) is 6.33. The highest BCUT2D eigenvalue weighted by Gasteiger charge is 2.09. The Bertz CT molecular complexity index is 375. The minimum atomic E-state index is -0.310. The largest absolute Gasteiger partial charge is 0.491 e. The first kappa shape index (κ1) is 14.9. The van der Waals surface area contributed by atoms with E-state index in [-0.39, 0.29) is 11.4 Å². The summed E-state index contributed by atoms with van der Waals surface area (Å²) in [6, 6.07) is 5.04. The van der Waals surface area contributed by atoms with Crippen LogP contribution in [0, 0.1) is 5.82 Å². The van der Waals surface area contributed by atoms with Gasteiger partial charge in [-0.05, 0) is 51.4 Å². The number of rotatable bonds is 7. The van der Waals surface area contributed by atoms with Gasteiger partial charge < -0.3 is 15.8 Å². The van der Waals surface area contributed by atoms with Gasteiger partial charge in [-0.3, -0.25) is 0 Å². The molecule has 3 nitrogen and oxygen atoms in total. The van der Waals surface area contributed by atoms with Crippen LogP contribution in [0.25, 0.3) is 0 Å². The summed E-state index contributed by atoms with van der Waals surface area (Å²) >= 11 is 0. The number of nitrogens with one attached hydrogen (secondary N) is 1. The van der Waals surface area contributed by atoms with E-state index >= 15 is 0 Å². The van der Waals surface area contributed by atoms with Crippen LogP contribution in [-0.2, 0) is 6.54 Å². The van der Waals surface area contributed by atoms with Gasteiger partial charge in [-0.25, -0.2) is 4.39 Å². The maximum atomic E-state index is 13.6. The molecular formula is C14H23FN2O. The molecule has 1 aromatic carbocycles. The van der Waals surface area contributed by atoms with Crippen LogP contribution in [-0.4, -0.2) is 18.7 Å². The highest BCUT2D eigenvalue weighted by atomic mass is 19.1. The maximum Gasteiger partial charge on any atom is 0.165 e. The number of benzene rings is 1. The molecule has 0 fully saturated rings. The molecule has 0 amide bonds. The molecular weight excluding hydrogens is 231 g/mol. The van der Waals surface area contributed by atoms with Gasteiger partial charge in [-0.1, -0.05) is 6.07 Å². The van der Waals surface area contributed by atoms with Gasteiger partial charge in [-0.2, -0.15) is 0 Å². The molecule has 1 aromatic rings. The van der Waals surface area contributed by atoms with Crippen LogP contribution in [0.1, 0.15) is 32.8 Å². The lowest BCUT2D eigenvalue weighted by molar-refractivity contribution is 0.321. The molecule has 1 rings (SSSR count). The SMILES string of the molecule is CCOc1ccc(CNCCC(C)(C)N)cc1F. The summed E-state index contributed by atoms with van der Waals surface area (Å²) in [5, 5.41) is 3.25. The molecule has 0 aliphatic rings. The second-order valence-corrected chi connectivity index (χ2v) is 5.11. The summed E-state index contributed by atoms with van der Waals surface area (Å²) in [6.07, 6.45) is 0.881. The van der Waals surface area contributed by atoms with Crippen molar-refractivity contribution in [3.8, 4) is 5.75 Å². The monoisotopic (exact) mass is 254 g/mol. The van der Waals surface area contributed by atoms with E-state index in [9.17, 15) is 4.39 Å². The molecule has 0 aliphatic heterocycles. The molecule has 4 heteroatoms. The zero-order valence-corrected chi connectivity index (χ0v) is 11.4. The summed E-state index contributed by atoms with van der Waals surface area (Å²) in [7, 11) is 0. The van der Waals surface area contributed by atoms with Crippen LogP contribution < -0.4 is 15.8 Å². The molecule has 0 saturated heterocycles. The van der Waals surface area contributed by atoms with Crippen LogP contribution in [0.5, 0.6) is 5.75 Å². The van der Waals surface area contributed by atoms with E-state index in [0.717, 1.165) is 18.5 Å². The quantitative estimate of drug-likeness (QED) is 0.735. The molecule has 0 aliphatic carbocycles. The zero-order chi connectivity index (χ0) is 13.6. The van der Waals surface area contributed by atoms with Crippen LogP contribution in [0.3, 0.4) is 0 Å². The van der Waals surface area contributed by atoms with Crippen molar-refractivity contribution >= 4 is 0 Å². The van der Waals surface area contributed by atoms with E-state index in [1.165, 1.54) is 6.07 Å². The predicted octanol–water partition coefficient (Wildman–Crippen LogP) is 2.44. The Balaban J connectivity index is 2.41. The number of hydrogen-bond donors (Lipinski definition) is 2. The highest BCUT2D eigenvalue weighted by Crippen LogP contribution is 2.18. The highest BCUT2D eigenvalue weighted by molar-refractivity contribution is 5.29. The lowest BCUT2D eigenvalue weighted by Crippen LogP contribution is -2.35. The summed E-state index contributed by atoms with van der Waals surface area (Å²) in [4.78, 5) is 0. The molecule has 0 spiro atoms. The number of hydrogen-bond acceptors (Lipinski definition) is 3. The normalized spacial score (nSPS) is 11.6. The molecule has 0 radical (unpaired) electrons. The van der Waals surface area contributed by atoms with Crippen LogP contribution >= 0.6 is 0 Å². The average Bonchev–Trinajstić information content (AvgIpc) is 2.27. The van der Waals surface area contributed by atoms with E-state index in [2.05, 4.69) is 5.32 Å². The molecule has 3 N–H and O–H groups in total. The maximum absolute atomic E-state index is 13.6. The molecule has 18 heavy (non-hydrogen) atoms. The van der Waals surface area contributed by atoms with E-state index in [0.29, 0.717) is 18.9 Å². The third-order valence-electron chi connectivity index (χ3n) is 2.57. The summed E-state index contributed by atoms with van der Waals surface area (Å²) < 4.78 is 18.7. The third-order valence-corrected chi connectivity index (χ3v) is 2.57. The van der Waals surface area contributed by atoms with Crippen molar-refractivity contribution in [2.75, 3.05) is 13.2 Å². The molecule has 0 aromatic heterocycles. The predicted molar refractivity (Wildman–Crippen MR) is 72.2 cm³/mol. The molecule has 0 heterocycles. The Labute approximate surface area is 109 Å². The van der Waals surface area contributed by atoms with Crippen molar-refractivity contribution in [2.24, 2.45) is 5.73 Å². The molecule has 0 bridgehead atoms. The second kappa shape index (κ2) is 6.71. The molecule has 102 valence electrons. The lowest BCUT2D eigenvalue weighted by Gasteiger charge is -2.18. The van der Waals surface area contributed by atoms with E-state index in [1.807, 2.05) is 26.8 Å². The molecule has 0 saturated carbocycles. The van der Waals surface area contributed by atoms with Crippen molar-refractivity contribution in [3.05, 3.63) is 29.6 Å². The van der Waals surface area contributed by atoms with Crippen LogP contribution in [0.4, 0.5) is 4.39 Å². The average molecular weight is 254 g/mol. The van der Waals surface area contributed by atoms with Gasteiger partial charge >= 0.3 is 0 Å². The van der Waals surface area contributed by atoms with Crippen LogP contribution in [0.15, 0.2) is 18.2 Å². The van der Waals surface area contributed by atoms with Crippen molar-refractivity contribution in [1.29, 1.82) is 0 Å². The lowest BCUT2D eigenvalue weighted by atomic mass is 10.0. The van der Waals surface area contributed by atoms with Crippen molar-refractivity contribution in [2.45, 2.75) is 39.3 Å². The van der Waals surface area contributed by atoms with Crippen molar-refractivity contribution in [1.82, 2.24) is 5.32 Å². The van der Waals surface area contributed by atoms with Crippen molar-refractivity contribution in [3.63, 3.8) is 0 Å². The summed E-state index contributed by atoms with van der Waals surface area (Å²) in [5.41, 5.74) is 6.61. The number of halogens is 1. The molecule has 0 atom stereocenters. The number of nitrogens with two attached hydrogens (primary N) is 1. The van der Waals surface area contributed by atoms with Gasteiger partial charge in [0.25, 0.3) is 0 Å². The fourth-order valence-corrected chi connectivity index (χ4v) is 1.57. The van der Waals surface area contributed by atoms with E-state index in [4.69, 9.17) is 10.5 Å². The van der Waals surface area contributed by atoms with Crippen LogP contribution in [0.2, 0.25) is 0 Å². The zero-order valence-electron chi connectivity index (χ0n) is 11.4. The Hall–Kier alpha value is -1.13. The third kappa shape index (κ3) is 5.47. The van der Waals surface area contributed by atoms with Gasteiger partial charge in [-0.15, -0.1) is 0 Å². The van der Waals surface area contributed by atoms with E-state index < -0.39 is 0 Å². The van der Waals surface area contributed by atoms with Crippen molar-refractivity contribution < 1.29 is 9.13 Å². The fourth-order valence-electron chi connectivity index (χ4n) is 1.57. The van der Waals surface area contributed by atoms with E-state index in [1.54, 1.807) is 6.07 Å². The smallest absolute Gasteiger partial charge is 0.165 e. The number of ether oxygens (including phenoxy) is 1. The molecule has 0 unspecified atom stereocenters. The minimum absolute atomic E-state index is 0.170. The summed E-state index contributed by atoms with van der Waals surface area (Å²) in [5.74, 6) is -0.000328. The minimum Gasteiger partial charge on any atom is -0.491 e. The second-order valence-electron chi connectivity index (χ2n) is 5.11.